The van der Waals surface area contributed by atoms with E-state index >= 15 is 0 Å². The van der Waals surface area contributed by atoms with Crippen LogP contribution in [-0.2, 0) is 14.2 Å². The van der Waals surface area contributed by atoms with Crippen LogP contribution in [0.2, 0.25) is 0 Å². The Labute approximate surface area is 134 Å². The van der Waals surface area contributed by atoms with Crippen molar-refractivity contribution in [1.29, 1.82) is 0 Å². The van der Waals surface area contributed by atoms with Gasteiger partial charge in [0.15, 0.2) is 0 Å². The summed E-state index contributed by atoms with van der Waals surface area (Å²) in [6, 6.07) is 5.71. The Bertz CT molecular complexity index is 592. The number of rotatable bonds is 9. The maximum absolute atomic E-state index is 5.17. The highest BCUT2D eigenvalue weighted by atomic mass is 16.5. The molecule has 124 valence electrons. The molecule has 0 fully saturated rings. The van der Waals surface area contributed by atoms with Gasteiger partial charge in [-0.3, -0.25) is 4.90 Å². The minimum Gasteiger partial charge on any atom is -0.364 e. The molecular formula is C14H21N6O3+. The lowest BCUT2D eigenvalue weighted by molar-refractivity contribution is -0.603. The van der Waals surface area contributed by atoms with Crippen LogP contribution >= 0.6 is 0 Å². The van der Waals surface area contributed by atoms with E-state index in [1.54, 1.807) is 30.8 Å². The van der Waals surface area contributed by atoms with E-state index in [0.29, 0.717) is 31.3 Å². The van der Waals surface area contributed by atoms with Crippen LogP contribution in [0.5, 0.6) is 0 Å². The van der Waals surface area contributed by atoms with E-state index in [-0.39, 0.29) is 6.73 Å². The van der Waals surface area contributed by atoms with Crippen molar-refractivity contribution < 1.29 is 18.8 Å². The second-order valence-corrected chi connectivity index (χ2v) is 4.53. The molecule has 0 atom stereocenters. The predicted octanol–water partition coefficient (Wildman–Crippen LogP) is 0.178. The first kappa shape index (κ1) is 17.0. The van der Waals surface area contributed by atoms with Crippen molar-refractivity contribution in [1.82, 2.24) is 15.0 Å². The second kappa shape index (κ2) is 8.93. The molecule has 0 saturated carbocycles. The molecule has 0 spiro atoms. The molecule has 0 radical (unpaired) electrons. The van der Waals surface area contributed by atoms with Crippen LogP contribution in [-0.4, -0.2) is 56.5 Å². The van der Waals surface area contributed by atoms with E-state index < -0.39 is 0 Å². The number of hydrogen-bond acceptors (Lipinski definition) is 8. The van der Waals surface area contributed by atoms with Gasteiger partial charge in [0.1, 0.15) is 20.2 Å². The van der Waals surface area contributed by atoms with Crippen molar-refractivity contribution in [2.45, 2.75) is 0 Å². The highest BCUT2D eigenvalue weighted by Crippen LogP contribution is 2.11. The van der Waals surface area contributed by atoms with Crippen molar-refractivity contribution in [3.63, 3.8) is 0 Å². The third kappa shape index (κ3) is 4.81. The molecule has 2 aromatic rings. The number of ether oxygens (including phenoxy) is 3. The van der Waals surface area contributed by atoms with Crippen molar-refractivity contribution in [3.05, 3.63) is 30.6 Å². The zero-order valence-corrected chi connectivity index (χ0v) is 13.5. The molecule has 0 bridgehead atoms. The number of hydrogen-bond donors (Lipinski definition) is 1. The van der Waals surface area contributed by atoms with Gasteiger partial charge < -0.3 is 19.5 Å². The fourth-order valence-corrected chi connectivity index (χ4v) is 1.82. The van der Waals surface area contributed by atoms with Gasteiger partial charge in [-0.2, -0.15) is 0 Å². The third-order valence-electron chi connectivity index (χ3n) is 2.79. The van der Waals surface area contributed by atoms with Crippen molar-refractivity contribution in [2.24, 2.45) is 0 Å². The number of nitrogens with zero attached hydrogens (tertiary/aromatic N) is 5. The number of aromatic nitrogens is 4. The summed E-state index contributed by atoms with van der Waals surface area (Å²) in [4.78, 5) is 15.0. The van der Waals surface area contributed by atoms with Crippen LogP contribution in [0.25, 0.3) is 5.95 Å². The highest BCUT2D eigenvalue weighted by Gasteiger charge is 2.21. The quantitative estimate of drug-likeness (QED) is 0.517. The molecule has 0 amide bonds. The van der Waals surface area contributed by atoms with Gasteiger partial charge in [0.2, 0.25) is 0 Å². The molecule has 0 aliphatic heterocycles. The van der Waals surface area contributed by atoms with Crippen molar-refractivity contribution >= 4 is 11.9 Å². The Kier molecular flexibility index (Phi) is 6.60. The van der Waals surface area contributed by atoms with Crippen LogP contribution in [0.3, 0.4) is 0 Å². The van der Waals surface area contributed by atoms with Gasteiger partial charge >= 0.3 is 17.8 Å². The molecule has 2 rings (SSSR count). The molecule has 0 aliphatic carbocycles. The summed E-state index contributed by atoms with van der Waals surface area (Å²) in [7, 11) is 4.78. The van der Waals surface area contributed by atoms with Gasteiger partial charge in [-0.15, -0.1) is 4.98 Å². The summed E-state index contributed by atoms with van der Waals surface area (Å²) in [5, 5.41) is 2.98. The number of methoxy groups -OCH3 is 3. The van der Waals surface area contributed by atoms with Crippen LogP contribution in [0.1, 0.15) is 0 Å². The smallest absolute Gasteiger partial charge is 0.364 e. The third-order valence-corrected chi connectivity index (χ3v) is 2.79. The first-order valence-corrected chi connectivity index (χ1v) is 6.97. The normalized spacial score (nSPS) is 10.6. The molecule has 9 heteroatoms. The predicted molar refractivity (Wildman–Crippen MR) is 83.1 cm³/mol. The minimum atomic E-state index is 0.289. The zero-order valence-electron chi connectivity index (χ0n) is 13.5. The van der Waals surface area contributed by atoms with Crippen LogP contribution in [0.4, 0.5) is 11.9 Å². The lowest BCUT2D eigenvalue weighted by Gasteiger charge is -2.18. The highest BCUT2D eigenvalue weighted by molar-refractivity contribution is 5.37. The summed E-state index contributed by atoms with van der Waals surface area (Å²) in [5.74, 6) is 1.32. The summed E-state index contributed by atoms with van der Waals surface area (Å²) in [6.45, 7) is 0.873. The Morgan fingerprint density at radius 2 is 1.65 bits per heavy atom. The largest absolute Gasteiger partial charge is 0.444 e. The number of pyridine rings is 1. The van der Waals surface area contributed by atoms with E-state index in [1.807, 2.05) is 30.6 Å². The number of anilines is 2. The standard InChI is InChI=1S/C14H21N6O3/c1-21-9-15-12-16-13(19-7-5-4-6-8-19)18-14(17-12)20(10-22-2)11-23-3/h4-8H,9-11H2,1-3H3,(H,15,16,17,18)/q+1. The average molecular weight is 321 g/mol. The molecule has 23 heavy (non-hydrogen) atoms. The van der Waals surface area contributed by atoms with Crippen LogP contribution in [0, 0.1) is 0 Å². The molecule has 2 heterocycles. The van der Waals surface area contributed by atoms with Gasteiger partial charge in [0.25, 0.3) is 0 Å². The SMILES string of the molecule is COCNc1nc(N(COC)COC)nc(-[n+]2ccccc2)n1. The Morgan fingerprint density at radius 1 is 0.957 bits per heavy atom. The Hall–Kier alpha value is -2.36. The van der Waals surface area contributed by atoms with Crippen molar-refractivity contribution in [2.75, 3.05) is 51.7 Å². The second-order valence-electron chi connectivity index (χ2n) is 4.53. The van der Waals surface area contributed by atoms with E-state index in [1.165, 1.54) is 0 Å². The van der Waals surface area contributed by atoms with Gasteiger partial charge in [-0.25, -0.2) is 4.57 Å². The summed E-state index contributed by atoms with van der Waals surface area (Å²) < 4.78 is 17.1. The monoisotopic (exact) mass is 321 g/mol. The molecule has 1 N–H and O–H groups in total. The van der Waals surface area contributed by atoms with Gasteiger partial charge in [0.05, 0.1) is 12.4 Å². The zero-order chi connectivity index (χ0) is 16.5. The van der Waals surface area contributed by atoms with Crippen LogP contribution < -0.4 is 14.8 Å². The molecule has 2 aromatic heterocycles. The van der Waals surface area contributed by atoms with Gasteiger partial charge in [-0.05, 0) is 22.1 Å². The topological polar surface area (TPSA) is 85.5 Å². The number of nitrogens with one attached hydrogen (secondary N) is 1. The minimum absolute atomic E-state index is 0.289. The maximum Gasteiger partial charge on any atom is 0.444 e. The molecule has 0 unspecified atom stereocenters. The molecule has 9 nitrogen and oxygen atoms in total. The average Bonchev–Trinajstić information content (AvgIpc) is 2.60. The van der Waals surface area contributed by atoms with Crippen molar-refractivity contribution in [3.8, 4) is 5.95 Å². The molecular weight excluding hydrogens is 300 g/mol. The maximum atomic E-state index is 5.17. The fourth-order valence-electron chi connectivity index (χ4n) is 1.82. The summed E-state index contributed by atoms with van der Waals surface area (Å²) in [6.07, 6.45) is 3.71. The molecule has 0 saturated heterocycles. The first-order chi connectivity index (χ1) is 11.3. The lowest BCUT2D eigenvalue weighted by atomic mass is 10.5. The molecule has 0 aliphatic rings. The Morgan fingerprint density at radius 3 is 2.26 bits per heavy atom. The molecule has 0 aromatic carbocycles. The lowest BCUT2D eigenvalue weighted by Crippen LogP contribution is -2.35. The first-order valence-electron chi connectivity index (χ1n) is 6.97. The fraction of sp³-hybridized carbons (Fsp3) is 0.429. The van der Waals surface area contributed by atoms with E-state index in [4.69, 9.17) is 14.2 Å². The van der Waals surface area contributed by atoms with Crippen LogP contribution in [0.15, 0.2) is 30.6 Å². The van der Waals surface area contributed by atoms with Gasteiger partial charge in [0, 0.05) is 21.3 Å². The summed E-state index contributed by atoms with van der Waals surface area (Å²) >= 11 is 0. The van der Waals surface area contributed by atoms with E-state index in [2.05, 4.69) is 20.3 Å². The van der Waals surface area contributed by atoms with E-state index in [0.717, 1.165) is 0 Å². The summed E-state index contributed by atoms with van der Waals surface area (Å²) in [5.41, 5.74) is 0. The van der Waals surface area contributed by atoms with E-state index in [9.17, 15) is 0 Å². The van der Waals surface area contributed by atoms with Gasteiger partial charge in [-0.1, -0.05) is 6.07 Å². The Balaban J connectivity index is 2.39.